The highest BCUT2D eigenvalue weighted by Crippen LogP contribution is 2.19. The van der Waals surface area contributed by atoms with E-state index in [-0.39, 0.29) is 12.2 Å². The molecule has 0 fully saturated rings. The number of hydrogen-bond acceptors (Lipinski definition) is 4. The number of rotatable bonds is 4. The SMILES string of the molecule is COc1ccc(C(=O)Cc2ncnn2C)cc1C. The van der Waals surface area contributed by atoms with E-state index < -0.39 is 0 Å². The number of ketones is 1. The van der Waals surface area contributed by atoms with Gasteiger partial charge in [-0.25, -0.2) is 4.98 Å². The van der Waals surface area contributed by atoms with Crippen LogP contribution in [0.2, 0.25) is 0 Å². The number of aryl methyl sites for hydroxylation is 2. The fourth-order valence-corrected chi connectivity index (χ4v) is 1.78. The molecule has 0 amide bonds. The van der Waals surface area contributed by atoms with Gasteiger partial charge in [0.2, 0.25) is 0 Å². The maximum absolute atomic E-state index is 12.1. The molecule has 0 atom stereocenters. The van der Waals surface area contributed by atoms with Crippen molar-refractivity contribution in [2.24, 2.45) is 7.05 Å². The summed E-state index contributed by atoms with van der Waals surface area (Å²) < 4.78 is 6.77. The molecule has 2 aromatic rings. The molecule has 0 aliphatic heterocycles. The molecule has 2 rings (SSSR count). The molecule has 5 heteroatoms. The molecule has 0 N–H and O–H groups in total. The van der Waals surface area contributed by atoms with Crippen LogP contribution in [0.1, 0.15) is 21.7 Å². The predicted molar refractivity (Wildman–Crippen MR) is 66.8 cm³/mol. The second-order valence-electron chi connectivity index (χ2n) is 4.08. The summed E-state index contributed by atoms with van der Waals surface area (Å²) in [6.07, 6.45) is 1.70. The van der Waals surface area contributed by atoms with Gasteiger partial charge in [-0.1, -0.05) is 0 Å². The average molecular weight is 245 g/mol. The zero-order chi connectivity index (χ0) is 13.1. The second kappa shape index (κ2) is 5.00. The molecule has 1 heterocycles. The van der Waals surface area contributed by atoms with Crippen molar-refractivity contribution in [3.05, 3.63) is 41.5 Å². The van der Waals surface area contributed by atoms with Crippen LogP contribution in [-0.2, 0) is 13.5 Å². The number of carbonyl (C=O) groups is 1. The van der Waals surface area contributed by atoms with Gasteiger partial charge in [0.1, 0.15) is 17.9 Å². The third-order valence-corrected chi connectivity index (χ3v) is 2.84. The molecule has 18 heavy (non-hydrogen) atoms. The fraction of sp³-hybridized carbons (Fsp3) is 0.308. The van der Waals surface area contributed by atoms with Crippen LogP contribution < -0.4 is 4.74 Å². The molecule has 0 unspecified atom stereocenters. The summed E-state index contributed by atoms with van der Waals surface area (Å²) >= 11 is 0. The molecule has 0 radical (unpaired) electrons. The first-order valence-electron chi connectivity index (χ1n) is 5.62. The molecule has 1 aromatic carbocycles. The van der Waals surface area contributed by atoms with E-state index in [2.05, 4.69) is 10.1 Å². The van der Waals surface area contributed by atoms with Crippen LogP contribution >= 0.6 is 0 Å². The topological polar surface area (TPSA) is 57.0 Å². The zero-order valence-electron chi connectivity index (χ0n) is 10.7. The lowest BCUT2D eigenvalue weighted by atomic mass is 10.0. The summed E-state index contributed by atoms with van der Waals surface area (Å²) in [5, 5.41) is 3.94. The normalized spacial score (nSPS) is 10.4. The number of aromatic nitrogens is 3. The van der Waals surface area contributed by atoms with Crippen LogP contribution in [-0.4, -0.2) is 27.7 Å². The van der Waals surface area contributed by atoms with E-state index in [1.807, 2.05) is 13.0 Å². The lowest BCUT2D eigenvalue weighted by Gasteiger charge is -2.06. The number of hydrogen-bond donors (Lipinski definition) is 0. The maximum atomic E-state index is 12.1. The minimum atomic E-state index is 0.0249. The molecule has 94 valence electrons. The summed E-state index contributed by atoms with van der Waals surface area (Å²) in [4.78, 5) is 16.1. The predicted octanol–water partition coefficient (Wildman–Crippen LogP) is 1.56. The van der Waals surface area contributed by atoms with Crippen LogP contribution in [0.15, 0.2) is 24.5 Å². The van der Waals surface area contributed by atoms with Crippen molar-refractivity contribution in [3.63, 3.8) is 0 Å². The quantitative estimate of drug-likeness (QED) is 0.767. The van der Waals surface area contributed by atoms with E-state index >= 15 is 0 Å². The third kappa shape index (κ3) is 2.40. The Bertz CT molecular complexity index is 575. The van der Waals surface area contributed by atoms with Gasteiger partial charge in [0.05, 0.1) is 13.5 Å². The summed E-state index contributed by atoms with van der Waals surface area (Å²) in [7, 11) is 3.39. The van der Waals surface area contributed by atoms with Gasteiger partial charge in [0.25, 0.3) is 0 Å². The Morgan fingerprint density at radius 3 is 2.78 bits per heavy atom. The van der Waals surface area contributed by atoms with Crippen LogP contribution in [0, 0.1) is 6.92 Å². The molecular weight excluding hydrogens is 230 g/mol. The number of carbonyl (C=O) groups excluding carboxylic acids is 1. The Kier molecular flexibility index (Phi) is 3.41. The monoisotopic (exact) mass is 245 g/mol. The van der Waals surface area contributed by atoms with Gasteiger partial charge in [-0.15, -0.1) is 0 Å². The first-order valence-corrected chi connectivity index (χ1v) is 5.62. The minimum absolute atomic E-state index is 0.0249. The molecule has 0 bridgehead atoms. The molecule has 5 nitrogen and oxygen atoms in total. The molecule has 0 spiro atoms. The van der Waals surface area contributed by atoms with E-state index in [1.165, 1.54) is 6.33 Å². The Morgan fingerprint density at radius 1 is 1.44 bits per heavy atom. The van der Waals surface area contributed by atoms with Gasteiger partial charge in [0.15, 0.2) is 5.78 Å². The summed E-state index contributed by atoms with van der Waals surface area (Å²) in [5.74, 6) is 1.47. The van der Waals surface area contributed by atoms with Crippen molar-refractivity contribution >= 4 is 5.78 Å². The van der Waals surface area contributed by atoms with Gasteiger partial charge in [-0.05, 0) is 30.7 Å². The minimum Gasteiger partial charge on any atom is -0.496 e. The van der Waals surface area contributed by atoms with Gasteiger partial charge in [0, 0.05) is 12.6 Å². The maximum Gasteiger partial charge on any atom is 0.170 e. The number of benzene rings is 1. The Labute approximate surface area is 105 Å². The van der Waals surface area contributed by atoms with Crippen molar-refractivity contribution in [3.8, 4) is 5.75 Å². The van der Waals surface area contributed by atoms with E-state index in [4.69, 9.17) is 4.74 Å². The first-order chi connectivity index (χ1) is 8.61. The summed E-state index contributed by atoms with van der Waals surface area (Å²) in [6, 6.07) is 5.40. The van der Waals surface area contributed by atoms with Crippen LogP contribution in [0.25, 0.3) is 0 Å². The van der Waals surface area contributed by atoms with Crippen LogP contribution in [0.5, 0.6) is 5.75 Å². The Morgan fingerprint density at radius 2 is 2.22 bits per heavy atom. The second-order valence-corrected chi connectivity index (χ2v) is 4.08. The van der Waals surface area contributed by atoms with Crippen molar-refractivity contribution < 1.29 is 9.53 Å². The number of ether oxygens (including phenoxy) is 1. The molecule has 0 saturated heterocycles. The van der Waals surface area contributed by atoms with E-state index in [1.54, 1.807) is 31.0 Å². The van der Waals surface area contributed by atoms with Gasteiger partial charge in [-0.3, -0.25) is 9.48 Å². The number of nitrogens with zero attached hydrogens (tertiary/aromatic N) is 3. The van der Waals surface area contributed by atoms with Crippen molar-refractivity contribution in [2.75, 3.05) is 7.11 Å². The van der Waals surface area contributed by atoms with Gasteiger partial charge >= 0.3 is 0 Å². The average Bonchev–Trinajstić information content (AvgIpc) is 2.75. The Hall–Kier alpha value is -2.17. The van der Waals surface area contributed by atoms with Gasteiger partial charge < -0.3 is 4.74 Å². The highest BCUT2D eigenvalue weighted by atomic mass is 16.5. The van der Waals surface area contributed by atoms with Crippen LogP contribution in [0.4, 0.5) is 0 Å². The largest absolute Gasteiger partial charge is 0.496 e. The van der Waals surface area contributed by atoms with Crippen molar-refractivity contribution in [1.29, 1.82) is 0 Å². The molecular formula is C13H15N3O2. The van der Waals surface area contributed by atoms with E-state index in [0.29, 0.717) is 11.4 Å². The molecule has 0 aliphatic carbocycles. The van der Waals surface area contributed by atoms with Crippen molar-refractivity contribution in [2.45, 2.75) is 13.3 Å². The van der Waals surface area contributed by atoms with E-state index in [9.17, 15) is 4.79 Å². The lowest BCUT2D eigenvalue weighted by molar-refractivity contribution is 0.0989. The van der Waals surface area contributed by atoms with Gasteiger partial charge in [-0.2, -0.15) is 5.10 Å². The first kappa shape index (κ1) is 12.3. The summed E-state index contributed by atoms with van der Waals surface area (Å²) in [5.41, 5.74) is 1.61. The molecule has 0 saturated carbocycles. The molecule has 1 aromatic heterocycles. The lowest BCUT2D eigenvalue weighted by Crippen LogP contribution is -2.09. The van der Waals surface area contributed by atoms with Crippen LogP contribution in [0.3, 0.4) is 0 Å². The third-order valence-electron chi connectivity index (χ3n) is 2.84. The number of methoxy groups -OCH3 is 1. The van der Waals surface area contributed by atoms with Crippen molar-refractivity contribution in [1.82, 2.24) is 14.8 Å². The smallest absolute Gasteiger partial charge is 0.170 e. The molecule has 0 aliphatic rings. The standard InChI is InChI=1S/C13H15N3O2/c1-9-6-10(4-5-12(9)18-3)11(17)7-13-14-8-15-16(13)2/h4-6,8H,7H2,1-3H3. The number of Topliss-reactive ketones (excluding diaryl/α,β-unsaturated/α-hetero) is 1. The zero-order valence-corrected chi connectivity index (χ0v) is 10.7. The summed E-state index contributed by atoms with van der Waals surface area (Å²) in [6.45, 7) is 1.91. The Balaban J connectivity index is 2.19. The van der Waals surface area contributed by atoms with E-state index in [0.717, 1.165) is 11.3 Å². The fourth-order valence-electron chi connectivity index (χ4n) is 1.78. The highest BCUT2D eigenvalue weighted by molar-refractivity contribution is 5.97. The highest BCUT2D eigenvalue weighted by Gasteiger charge is 2.12.